The molecule has 33 heavy (non-hydrogen) atoms. The van der Waals surface area contributed by atoms with Crippen molar-refractivity contribution >= 4 is 21.4 Å². The van der Waals surface area contributed by atoms with E-state index in [-0.39, 0.29) is 5.91 Å². The minimum atomic E-state index is -3.82. The number of nitriles is 1. The van der Waals surface area contributed by atoms with E-state index >= 15 is 0 Å². The van der Waals surface area contributed by atoms with Crippen molar-refractivity contribution in [1.82, 2.24) is 4.90 Å². The highest BCUT2D eigenvalue weighted by Crippen LogP contribution is 2.43. The Labute approximate surface area is 196 Å². The zero-order chi connectivity index (χ0) is 23.6. The number of aryl methyl sites for hydroxylation is 2. The van der Waals surface area contributed by atoms with E-state index in [4.69, 9.17) is 5.26 Å². The van der Waals surface area contributed by atoms with Gasteiger partial charge in [0, 0.05) is 31.9 Å². The van der Waals surface area contributed by atoms with E-state index < -0.39 is 14.6 Å². The van der Waals surface area contributed by atoms with Gasteiger partial charge in [-0.3, -0.25) is 4.79 Å². The average Bonchev–Trinajstić information content (AvgIpc) is 3.21. The molecule has 1 aliphatic carbocycles. The number of amides is 1. The Morgan fingerprint density at radius 2 is 1.64 bits per heavy atom. The Morgan fingerprint density at radius 1 is 0.939 bits per heavy atom. The molecule has 2 aromatic rings. The number of sulfone groups is 1. The largest absolute Gasteiger partial charge is 0.370 e. The molecule has 4 rings (SSSR count). The van der Waals surface area contributed by atoms with Crippen molar-refractivity contribution in [1.29, 1.82) is 5.26 Å². The molecular weight excluding hydrogens is 434 g/mol. The van der Waals surface area contributed by atoms with Crippen molar-refractivity contribution < 1.29 is 13.2 Å². The second kappa shape index (κ2) is 9.18. The van der Waals surface area contributed by atoms with Gasteiger partial charge in [0.25, 0.3) is 0 Å². The number of benzene rings is 2. The predicted molar refractivity (Wildman–Crippen MR) is 129 cm³/mol. The lowest BCUT2D eigenvalue weighted by atomic mass is 10.1. The number of carbonyl (C=O) groups excluding carboxylic acids is 1. The van der Waals surface area contributed by atoms with Crippen LogP contribution in [0.5, 0.6) is 0 Å². The average molecular weight is 466 g/mol. The van der Waals surface area contributed by atoms with E-state index in [9.17, 15) is 13.2 Å². The number of nitrogens with zero attached hydrogens (tertiary/aromatic N) is 3. The van der Waals surface area contributed by atoms with Crippen LogP contribution >= 0.6 is 0 Å². The van der Waals surface area contributed by atoms with E-state index in [1.54, 1.807) is 30.0 Å². The molecular formula is C26H31N3O3S. The molecule has 0 unspecified atom stereocenters. The molecule has 0 spiro atoms. The molecule has 0 N–H and O–H groups in total. The van der Waals surface area contributed by atoms with Crippen LogP contribution in [0.1, 0.15) is 48.8 Å². The number of anilines is 1. The summed E-state index contributed by atoms with van der Waals surface area (Å²) in [5.74, 6) is -0.234. The molecule has 0 radical (unpaired) electrons. The fourth-order valence-electron chi connectivity index (χ4n) is 5.16. The Morgan fingerprint density at radius 3 is 2.30 bits per heavy atom. The molecule has 6 nitrogen and oxygen atoms in total. The minimum absolute atomic E-state index is 0.234. The van der Waals surface area contributed by atoms with E-state index in [1.807, 2.05) is 31.2 Å². The lowest BCUT2D eigenvalue weighted by Crippen LogP contribution is -2.53. The number of carbonyl (C=O) groups is 1. The van der Waals surface area contributed by atoms with E-state index in [0.717, 1.165) is 37.1 Å². The SMILES string of the molecule is Cc1ccc(C)c(S(=O)(=O)C2(C(=O)N3CCCN(c4ccc(C#N)cc4)CC3)CCCC2)c1. The number of rotatable bonds is 4. The summed E-state index contributed by atoms with van der Waals surface area (Å²) in [6.07, 6.45) is 3.04. The van der Waals surface area contributed by atoms with Crippen LogP contribution in [0.2, 0.25) is 0 Å². The molecule has 1 aliphatic heterocycles. The first-order valence-corrected chi connectivity index (χ1v) is 13.1. The summed E-state index contributed by atoms with van der Waals surface area (Å²) >= 11 is 0. The summed E-state index contributed by atoms with van der Waals surface area (Å²) in [6, 6.07) is 15.0. The zero-order valence-corrected chi connectivity index (χ0v) is 20.2. The Bertz CT molecular complexity index is 1180. The van der Waals surface area contributed by atoms with Crippen LogP contribution in [0.4, 0.5) is 5.69 Å². The number of hydrogen-bond acceptors (Lipinski definition) is 5. The standard InChI is InChI=1S/C26H31N3O3S/c1-20-6-7-21(2)24(18-20)33(31,32)26(12-3-4-13-26)25(30)29-15-5-14-28(16-17-29)23-10-8-22(19-27)9-11-23/h6-11,18H,3-5,12-17H2,1-2H3. The first-order valence-electron chi connectivity index (χ1n) is 11.6. The van der Waals surface area contributed by atoms with Crippen LogP contribution in [0.3, 0.4) is 0 Å². The van der Waals surface area contributed by atoms with Gasteiger partial charge < -0.3 is 9.80 Å². The minimum Gasteiger partial charge on any atom is -0.370 e. The van der Waals surface area contributed by atoms with Gasteiger partial charge in [0.1, 0.15) is 0 Å². The summed E-state index contributed by atoms with van der Waals surface area (Å²) in [5, 5.41) is 9.03. The fourth-order valence-corrected chi connectivity index (χ4v) is 7.60. The van der Waals surface area contributed by atoms with Gasteiger partial charge >= 0.3 is 0 Å². The lowest BCUT2D eigenvalue weighted by Gasteiger charge is -2.34. The van der Waals surface area contributed by atoms with Gasteiger partial charge in [-0.25, -0.2) is 8.42 Å². The first-order chi connectivity index (χ1) is 15.8. The first kappa shape index (κ1) is 23.3. The highest BCUT2D eigenvalue weighted by molar-refractivity contribution is 7.93. The van der Waals surface area contributed by atoms with Gasteiger partial charge in [-0.1, -0.05) is 25.0 Å². The van der Waals surface area contributed by atoms with Gasteiger partial charge in [0.2, 0.25) is 5.91 Å². The maximum Gasteiger partial charge on any atom is 0.244 e. The highest BCUT2D eigenvalue weighted by Gasteiger charge is 2.54. The number of hydrogen-bond donors (Lipinski definition) is 0. The van der Waals surface area contributed by atoms with Crippen LogP contribution in [-0.4, -0.2) is 50.2 Å². The Hall–Kier alpha value is -2.85. The highest BCUT2D eigenvalue weighted by atomic mass is 32.2. The van der Waals surface area contributed by atoms with E-state index in [1.165, 1.54) is 0 Å². The van der Waals surface area contributed by atoms with Crippen LogP contribution in [0, 0.1) is 25.2 Å². The Balaban J connectivity index is 1.59. The lowest BCUT2D eigenvalue weighted by molar-refractivity contribution is -0.133. The second-order valence-corrected chi connectivity index (χ2v) is 11.5. The third-order valence-electron chi connectivity index (χ3n) is 7.09. The van der Waals surface area contributed by atoms with Gasteiger partial charge in [0.15, 0.2) is 14.6 Å². The molecule has 1 saturated heterocycles. The van der Waals surface area contributed by atoms with E-state index in [0.29, 0.717) is 48.5 Å². The molecule has 7 heteroatoms. The summed E-state index contributed by atoms with van der Waals surface area (Å²) < 4.78 is 26.6. The summed E-state index contributed by atoms with van der Waals surface area (Å²) in [6.45, 7) is 6.15. The molecule has 2 aromatic carbocycles. The van der Waals surface area contributed by atoms with Crippen LogP contribution in [-0.2, 0) is 14.6 Å². The third-order valence-corrected chi connectivity index (χ3v) is 9.72. The van der Waals surface area contributed by atoms with Crippen LogP contribution in [0.25, 0.3) is 0 Å². The topological polar surface area (TPSA) is 81.5 Å². The van der Waals surface area contributed by atoms with Crippen molar-refractivity contribution in [3.63, 3.8) is 0 Å². The monoisotopic (exact) mass is 465 g/mol. The van der Waals surface area contributed by atoms with Gasteiger partial charge in [-0.05, 0) is 74.6 Å². The predicted octanol–water partition coefficient (Wildman–Crippen LogP) is 4.00. The van der Waals surface area contributed by atoms with Crippen molar-refractivity contribution in [2.45, 2.75) is 55.6 Å². The molecule has 0 aromatic heterocycles. The summed E-state index contributed by atoms with van der Waals surface area (Å²) in [4.78, 5) is 18.2. The van der Waals surface area contributed by atoms with E-state index in [2.05, 4.69) is 11.0 Å². The quantitative estimate of drug-likeness (QED) is 0.682. The van der Waals surface area contributed by atoms with Gasteiger partial charge in [-0.2, -0.15) is 5.26 Å². The van der Waals surface area contributed by atoms with Crippen molar-refractivity contribution in [2.24, 2.45) is 0 Å². The molecule has 0 bridgehead atoms. The van der Waals surface area contributed by atoms with Crippen molar-refractivity contribution in [3.05, 3.63) is 59.2 Å². The molecule has 2 fully saturated rings. The molecule has 1 amide bonds. The summed E-state index contributed by atoms with van der Waals surface area (Å²) in [7, 11) is -3.82. The van der Waals surface area contributed by atoms with Gasteiger partial charge in [0.05, 0.1) is 16.5 Å². The van der Waals surface area contributed by atoms with Crippen molar-refractivity contribution in [3.8, 4) is 6.07 Å². The molecule has 2 aliphatic rings. The molecule has 0 atom stereocenters. The third kappa shape index (κ3) is 4.24. The summed E-state index contributed by atoms with van der Waals surface area (Å²) in [5.41, 5.74) is 3.21. The maximum absolute atomic E-state index is 14.0. The van der Waals surface area contributed by atoms with Crippen molar-refractivity contribution in [2.75, 3.05) is 31.1 Å². The molecule has 1 saturated carbocycles. The van der Waals surface area contributed by atoms with Crippen LogP contribution < -0.4 is 4.90 Å². The maximum atomic E-state index is 14.0. The normalized spacial score (nSPS) is 18.6. The van der Waals surface area contributed by atoms with Gasteiger partial charge in [-0.15, -0.1) is 0 Å². The van der Waals surface area contributed by atoms with Crippen LogP contribution in [0.15, 0.2) is 47.4 Å². The Kier molecular flexibility index (Phi) is 6.49. The molecule has 1 heterocycles. The molecule has 174 valence electrons. The second-order valence-electron chi connectivity index (χ2n) is 9.27. The smallest absolute Gasteiger partial charge is 0.244 e. The fraction of sp³-hybridized carbons (Fsp3) is 0.462. The zero-order valence-electron chi connectivity index (χ0n) is 19.4.